The van der Waals surface area contributed by atoms with Crippen molar-refractivity contribution in [1.82, 2.24) is 9.78 Å². The van der Waals surface area contributed by atoms with Crippen LogP contribution in [0, 0.1) is 19.7 Å². The lowest BCUT2D eigenvalue weighted by Gasteiger charge is -2.08. The highest BCUT2D eigenvalue weighted by molar-refractivity contribution is 6.30. The molecule has 0 bridgehead atoms. The van der Waals surface area contributed by atoms with Crippen LogP contribution in [0.1, 0.15) is 32.9 Å². The van der Waals surface area contributed by atoms with Gasteiger partial charge in [-0.05, 0) is 49.7 Å². The van der Waals surface area contributed by atoms with Gasteiger partial charge in [0.05, 0.1) is 23.7 Å². The van der Waals surface area contributed by atoms with Crippen molar-refractivity contribution in [3.63, 3.8) is 0 Å². The van der Waals surface area contributed by atoms with Crippen molar-refractivity contribution in [3.8, 4) is 0 Å². The first-order valence-electron chi connectivity index (χ1n) is 8.84. The van der Waals surface area contributed by atoms with Crippen LogP contribution >= 0.6 is 11.6 Å². The van der Waals surface area contributed by atoms with Gasteiger partial charge in [-0.15, -0.1) is 0 Å². The Balaban J connectivity index is 1.71. The molecule has 1 amide bonds. The van der Waals surface area contributed by atoms with Crippen molar-refractivity contribution in [1.29, 1.82) is 0 Å². The highest BCUT2D eigenvalue weighted by Crippen LogP contribution is 2.20. The predicted octanol–water partition coefficient (Wildman–Crippen LogP) is 4.22. The first-order valence-corrected chi connectivity index (χ1v) is 9.22. The number of benzene rings is 2. The molecule has 0 spiro atoms. The average molecular weight is 416 g/mol. The number of nitrogens with one attached hydrogen (secondary N) is 1. The number of carbonyl (C=O) groups excluding carboxylic acids is 1. The lowest BCUT2D eigenvalue weighted by Crippen LogP contribution is -2.12. The zero-order valence-corrected chi connectivity index (χ0v) is 16.6. The molecule has 0 radical (unpaired) electrons. The SMILES string of the molecule is Cc1nn(Cc2ccc(C(=O)Nc3ccc(Cl)c(F)c3)cc2)c(C)c1CC(=O)O. The van der Waals surface area contributed by atoms with Gasteiger partial charge in [-0.25, -0.2) is 4.39 Å². The molecule has 150 valence electrons. The highest BCUT2D eigenvalue weighted by atomic mass is 35.5. The van der Waals surface area contributed by atoms with Crippen molar-refractivity contribution in [3.05, 3.63) is 81.4 Å². The first kappa shape index (κ1) is 20.5. The number of carboxylic acids is 1. The molecule has 0 aliphatic heterocycles. The van der Waals surface area contributed by atoms with Gasteiger partial charge < -0.3 is 10.4 Å². The van der Waals surface area contributed by atoms with Gasteiger partial charge in [0.15, 0.2) is 0 Å². The maximum absolute atomic E-state index is 13.5. The third-order valence-electron chi connectivity index (χ3n) is 4.59. The van der Waals surface area contributed by atoms with E-state index >= 15 is 0 Å². The summed E-state index contributed by atoms with van der Waals surface area (Å²) in [7, 11) is 0. The number of aliphatic carboxylic acids is 1. The second-order valence-electron chi connectivity index (χ2n) is 6.66. The number of anilines is 1. The Morgan fingerprint density at radius 3 is 2.48 bits per heavy atom. The summed E-state index contributed by atoms with van der Waals surface area (Å²) in [5.41, 5.74) is 3.85. The lowest BCUT2D eigenvalue weighted by atomic mass is 10.1. The molecule has 1 aromatic heterocycles. The van der Waals surface area contributed by atoms with Crippen LogP contribution in [0.3, 0.4) is 0 Å². The summed E-state index contributed by atoms with van der Waals surface area (Å²) < 4.78 is 15.2. The molecule has 2 aromatic carbocycles. The van der Waals surface area contributed by atoms with Crippen molar-refractivity contribution >= 4 is 29.2 Å². The van der Waals surface area contributed by atoms with E-state index in [0.717, 1.165) is 17.3 Å². The Labute approximate surface area is 171 Å². The zero-order chi connectivity index (χ0) is 21.1. The van der Waals surface area contributed by atoms with Gasteiger partial charge in [-0.3, -0.25) is 14.3 Å². The molecule has 0 saturated heterocycles. The molecule has 29 heavy (non-hydrogen) atoms. The van der Waals surface area contributed by atoms with Crippen LogP contribution in [0.4, 0.5) is 10.1 Å². The largest absolute Gasteiger partial charge is 0.481 e. The van der Waals surface area contributed by atoms with Crippen molar-refractivity contribution in [2.75, 3.05) is 5.32 Å². The average Bonchev–Trinajstić information content (AvgIpc) is 2.92. The molecule has 0 aliphatic rings. The fourth-order valence-electron chi connectivity index (χ4n) is 3.01. The number of carbonyl (C=O) groups is 2. The molecule has 8 heteroatoms. The van der Waals surface area contributed by atoms with E-state index in [9.17, 15) is 14.0 Å². The zero-order valence-electron chi connectivity index (χ0n) is 15.9. The molecular weight excluding hydrogens is 397 g/mol. The summed E-state index contributed by atoms with van der Waals surface area (Å²) >= 11 is 5.64. The van der Waals surface area contributed by atoms with E-state index in [1.807, 2.05) is 6.92 Å². The Bertz CT molecular complexity index is 1080. The summed E-state index contributed by atoms with van der Waals surface area (Å²) in [5.74, 6) is -1.87. The summed E-state index contributed by atoms with van der Waals surface area (Å²) in [4.78, 5) is 23.4. The molecule has 0 aliphatic carbocycles. The van der Waals surface area contributed by atoms with E-state index < -0.39 is 11.8 Å². The van der Waals surface area contributed by atoms with Gasteiger partial charge in [0.25, 0.3) is 5.91 Å². The van der Waals surface area contributed by atoms with E-state index in [1.165, 1.54) is 12.1 Å². The smallest absolute Gasteiger partial charge is 0.307 e. The topological polar surface area (TPSA) is 84.2 Å². The molecule has 1 heterocycles. The minimum absolute atomic E-state index is 0.0111. The number of rotatable bonds is 6. The molecule has 0 saturated carbocycles. The Hall–Kier alpha value is -3.19. The molecule has 2 N–H and O–H groups in total. The van der Waals surface area contributed by atoms with Crippen LogP contribution in [-0.4, -0.2) is 26.8 Å². The normalized spacial score (nSPS) is 10.8. The van der Waals surface area contributed by atoms with E-state index in [2.05, 4.69) is 10.4 Å². The van der Waals surface area contributed by atoms with Crippen LogP contribution in [0.5, 0.6) is 0 Å². The minimum atomic E-state index is -0.897. The number of aryl methyl sites for hydroxylation is 1. The lowest BCUT2D eigenvalue weighted by molar-refractivity contribution is -0.136. The van der Waals surface area contributed by atoms with Crippen molar-refractivity contribution in [2.45, 2.75) is 26.8 Å². The summed E-state index contributed by atoms with van der Waals surface area (Å²) in [6.07, 6.45) is -0.0674. The number of hydrogen-bond acceptors (Lipinski definition) is 3. The van der Waals surface area contributed by atoms with Crippen LogP contribution in [0.2, 0.25) is 5.02 Å². The Kier molecular flexibility index (Phi) is 5.98. The molecule has 3 rings (SSSR count). The quantitative estimate of drug-likeness (QED) is 0.631. The minimum Gasteiger partial charge on any atom is -0.481 e. The maximum Gasteiger partial charge on any atom is 0.307 e. The second kappa shape index (κ2) is 8.45. The van der Waals surface area contributed by atoms with E-state index in [-0.39, 0.29) is 17.4 Å². The maximum atomic E-state index is 13.5. The third kappa shape index (κ3) is 4.81. The molecule has 6 nitrogen and oxygen atoms in total. The number of hydrogen-bond donors (Lipinski definition) is 2. The van der Waals surface area contributed by atoms with Gasteiger partial charge in [-0.1, -0.05) is 23.7 Å². The van der Waals surface area contributed by atoms with Crippen LogP contribution in [0.15, 0.2) is 42.5 Å². The number of halogens is 2. The Morgan fingerprint density at radius 1 is 1.17 bits per heavy atom. The number of amides is 1. The van der Waals surface area contributed by atoms with Crippen molar-refractivity contribution in [2.24, 2.45) is 0 Å². The predicted molar refractivity (Wildman–Crippen MR) is 108 cm³/mol. The second-order valence-corrected chi connectivity index (χ2v) is 7.06. The van der Waals surface area contributed by atoms with Crippen molar-refractivity contribution < 1.29 is 19.1 Å². The van der Waals surface area contributed by atoms with E-state index in [4.69, 9.17) is 16.7 Å². The van der Waals surface area contributed by atoms with Gasteiger partial charge in [0.2, 0.25) is 0 Å². The Morgan fingerprint density at radius 2 is 1.86 bits per heavy atom. The van der Waals surface area contributed by atoms with Crippen LogP contribution in [0.25, 0.3) is 0 Å². The van der Waals surface area contributed by atoms with E-state index in [1.54, 1.807) is 35.9 Å². The fourth-order valence-corrected chi connectivity index (χ4v) is 3.12. The molecule has 3 aromatic rings. The third-order valence-corrected chi connectivity index (χ3v) is 4.89. The van der Waals surface area contributed by atoms with Gasteiger partial charge in [-0.2, -0.15) is 5.10 Å². The summed E-state index contributed by atoms with van der Waals surface area (Å²) in [6.45, 7) is 4.08. The standard InChI is InChI=1S/C21H19ClFN3O3/c1-12-17(10-20(27)28)13(2)26(25-12)11-14-3-5-15(6-4-14)21(29)24-16-7-8-18(22)19(23)9-16/h3-9H,10-11H2,1-2H3,(H,24,29)(H,27,28). The fraction of sp³-hybridized carbons (Fsp3) is 0.190. The number of aromatic nitrogens is 2. The van der Waals surface area contributed by atoms with E-state index in [0.29, 0.717) is 29.1 Å². The van der Waals surface area contributed by atoms with Gasteiger partial charge in [0.1, 0.15) is 5.82 Å². The van der Waals surface area contributed by atoms with Gasteiger partial charge >= 0.3 is 5.97 Å². The molecule has 0 atom stereocenters. The summed E-state index contributed by atoms with van der Waals surface area (Å²) in [5, 5.41) is 16.1. The van der Waals surface area contributed by atoms with Gasteiger partial charge in [0, 0.05) is 22.5 Å². The number of nitrogens with zero attached hydrogens (tertiary/aromatic N) is 2. The number of carboxylic acid groups (broad SMARTS) is 1. The highest BCUT2D eigenvalue weighted by Gasteiger charge is 2.15. The van der Waals surface area contributed by atoms with Crippen LogP contribution < -0.4 is 5.32 Å². The molecular formula is C21H19ClFN3O3. The molecule has 0 fully saturated rings. The van der Waals surface area contributed by atoms with Crippen LogP contribution in [-0.2, 0) is 17.8 Å². The summed E-state index contributed by atoms with van der Waals surface area (Å²) in [6, 6.07) is 11.0. The molecule has 0 unspecified atom stereocenters. The first-order chi connectivity index (χ1) is 13.7. The monoisotopic (exact) mass is 415 g/mol.